The van der Waals surface area contributed by atoms with Crippen LogP contribution in [0.25, 0.3) is 22.0 Å². The molecule has 6 rings (SSSR count). The molecule has 1 nitrogen and oxygen atoms in total. The second-order valence-corrected chi connectivity index (χ2v) is 8.20. The third-order valence-electron chi connectivity index (χ3n) is 6.25. The molecule has 0 bridgehead atoms. The summed E-state index contributed by atoms with van der Waals surface area (Å²) in [5, 5.41) is 1.90. The fraction of sp³-hybridized carbons (Fsp3) is 0.0357. The first-order valence-corrected chi connectivity index (χ1v) is 10.5. The molecule has 0 spiro atoms. The van der Waals surface area contributed by atoms with Gasteiger partial charge in [-0.1, -0.05) is 84.4 Å². The Morgan fingerprint density at radius 3 is 2.30 bits per heavy atom. The van der Waals surface area contributed by atoms with Gasteiger partial charge in [0.25, 0.3) is 0 Å². The van der Waals surface area contributed by atoms with Gasteiger partial charge in [-0.2, -0.15) is 0 Å². The molecule has 0 radical (unpaired) electrons. The van der Waals surface area contributed by atoms with Crippen molar-refractivity contribution in [3.63, 3.8) is 0 Å². The Morgan fingerprint density at radius 1 is 0.600 bits per heavy atom. The van der Waals surface area contributed by atoms with Gasteiger partial charge in [-0.3, -0.25) is 4.98 Å². The number of halogens is 1. The minimum absolute atomic E-state index is 0.401. The van der Waals surface area contributed by atoms with Crippen LogP contribution in [0.1, 0.15) is 22.3 Å². The minimum Gasteiger partial charge on any atom is -0.256 e. The van der Waals surface area contributed by atoms with E-state index in [1.165, 1.54) is 33.4 Å². The molecule has 1 atom stereocenters. The molecule has 4 aromatic carbocycles. The van der Waals surface area contributed by atoms with Crippen molar-refractivity contribution in [2.45, 2.75) is 5.41 Å². The Labute approximate surface area is 180 Å². The lowest BCUT2D eigenvalue weighted by Crippen LogP contribution is -2.28. The van der Waals surface area contributed by atoms with E-state index in [4.69, 9.17) is 11.6 Å². The maximum absolute atomic E-state index is 6.44. The van der Waals surface area contributed by atoms with Crippen molar-refractivity contribution in [2.24, 2.45) is 0 Å². The van der Waals surface area contributed by atoms with Crippen LogP contribution in [0.15, 0.2) is 109 Å². The number of fused-ring (bicyclic) bond motifs is 4. The maximum Gasteiger partial charge on any atom is 0.0713 e. The second-order valence-electron chi connectivity index (χ2n) is 7.76. The first-order chi connectivity index (χ1) is 14.8. The van der Waals surface area contributed by atoms with Crippen LogP contribution >= 0.6 is 11.6 Å². The number of hydrogen-bond donors (Lipinski definition) is 0. The van der Waals surface area contributed by atoms with Gasteiger partial charge in [0.2, 0.25) is 0 Å². The van der Waals surface area contributed by atoms with Crippen molar-refractivity contribution in [3.05, 3.63) is 137 Å². The summed E-state index contributed by atoms with van der Waals surface area (Å²) in [6.07, 6.45) is 1.84. The molecule has 5 aromatic rings. The normalized spacial score (nSPS) is 17.0. The second kappa shape index (κ2) is 6.55. The fourth-order valence-electron chi connectivity index (χ4n) is 5.04. The van der Waals surface area contributed by atoms with Crippen LogP contribution in [0.5, 0.6) is 0 Å². The molecule has 1 aliphatic rings. The Bertz CT molecular complexity index is 1410. The van der Waals surface area contributed by atoms with Crippen molar-refractivity contribution in [3.8, 4) is 11.1 Å². The highest BCUT2D eigenvalue weighted by Gasteiger charge is 2.46. The lowest BCUT2D eigenvalue weighted by molar-refractivity contribution is 0.770. The molecular weight excluding hydrogens is 386 g/mol. The Kier molecular flexibility index (Phi) is 3.81. The van der Waals surface area contributed by atoms with Crippen LogP contribution in [-0.4, -0.2) is 4.98 Å². The van der Waals surface area contributed by atoms with E-state index in [2.05, 4.69) is 96.0 Å². The number of rotatable bonds is 2. The SMILES string of the molecule is Clc1ccc2c(c1)-c1ccccc1C2(c1ccccc1)c1ccc2ncccc2c1. The third kappa shape index (κ3) is 2.33. The Morgan fingerprint density at radius 2 is 1.40 bits per heavy atom. The van der Waals surface area contributed by atoms with Gasteiger partial charge in [0, 0.05) is 16.6 Å². The Hall–Kier alpha value is -3.42. The zero-order valence-corrected chi connectivity index (χ0v) is 17.0. The van der Waals surface area contributed by atoms with E-state index < -0.39 is 5.41 Å². The summed E-state index contributed by atoms with van der Waals surface area (Å²) in [4.78, 5) is 4.53. The summed E-state index contributed by atoms with van der Waals surface area (Å²) in [6, 6.07) is 36.5. The van der Waals surface area contributed by atoms with E-state index >= 15 is 0 Å². The highest BCUT2D eigenvalue weighted by atomic mass is 35.5. The first kappa shape index (κ1) is 17.4. The minimum atomic E-state index is -0.401. The topological polar surface area (TPSA) is 12.9 Å². The lowest BCUT2D eigenvalue weighted by atomic mass is 9.67. The molecule has 30 heavy (non-hydrogen) atoms. The molecule has 0 saturated heterocycles. The highest BCUT2D eigenvalue weighted by Crippen LogP contribution is 2.56. The summed E-state index contributed by atoms with van der Waals surface area (Å²) in [7, 11) is 0. The van der Waals surface area contributed by atoms with Gasteiger partial charge >= 0.3 is 0 Å². The number of benzene rings is 4. The maximum atomic E-state index is 6.44. The molecular formula is C28H18ClN. The average Bonchev–Trinajstić information content (AvgIpc) is 3.10. The number of nitrogens with zero attached hydrogens (tertiary/aromatic N) is 1. The van der Waals surface area contributed by atoms with Gasteiger partial charge in [0.1, 0.15) is 0 Å². The molecule has 1 unspecified atom stereocenters. The first-order valence-electron chi connectivity index (χ1n) is 10.1. The predicted molar refractivity (Wildman–Crippen MR) is 124 cm³/mol. The largest absolute Gasteiger partial charge is 0.256 e. The summed E-state index contributed by atoms with van der Waals surface area (Å²) in [5.41, 5.74) is 8.09. The van der Waals surface area contributed by atoms with Gasteiger partial charge in [0.05, 0.1) is 10.9 Å². The van der Waals surface area contributed by atoms with Crippen LogP contribution in [-0.2, 0) is 5.41 Å². The zero-order chi connectivity index (χ0) is 20.1. The molecule has 0 saturated carbocycles. The van der Waals surface area contributed by atoms with Crippen LogP contribution in [0.4, 0.5) is 0 Å². The van der Waals surface area contributed by atoms with Crippen molar-refractivity contribution in [1.82, 2.24) is 4.98 Å². The molecule has 0 N–H and O–H groups in total. The molecule has 1 heterocycles. The number of pyridine rings is 1. The van der Waals surface area contributed by atoms with E-state index in [-0.39, 0.29) is 0 Å². The van der Waals surface area contributed by atoms with Gasteiger partial charge in [-0.05, 0) is 63.7 Å². The van der Waals surface area contributed by atoms with Crippen molar-refractivity contribution in [2.75, 3.05) is 0 Å². The average molecular weight is 404 g/mol. The number of aromatic nitrogens is 1. The monoisotopic (exact) mass is 403 g/mol. The molecule has 0 fully saturated rings. The molecule has 142 valence electrons. The third-order valence-corrected chi connectivity index (χ3v) is 6.48. The zero-order valence-electron chi connectivity index (χ0n) is 16.2. The fourth-order valence-corrected chi connectivity index (χ4v) is 5.21. The smallest absolute Gasteiger partial charge is 0.0713 e. The van der Waals surface area contributed by atoms with Gasteiger partial charge < -0.3 is 0 Å². The predicted octanol–water partition coefficient (Wildman–Crippen LogP) is 7.25. The van der Waals surface area contributed by atoms with Crippen molar-refractivity contribution < 1.29 is 0 Å². The Balaban J connectivity index is 1.79. The molecule has 1 aliphatic carbocycles. The van der Waals surface area contributed by atoms with Gasteiger partial charge in [-0.15, -0.1) is 0 Å². The summed E-state index contributed by atoms with van der Waals surface area (Å²) < 4.78 is 0. The van der Waals surface area contributed by atoms with Gasteiger partial charge in [-0.25, -0.2) is 0 Å². The van der Waals surface area contributed by atoms with Crippen molar-refractivity contribution in [1.29, 1.82) is 0 Å². The molecule has 2 heteroatoms. The van der Waals surface area contributed by atoms with Crippen LogP contribution < -0.4 is 0 Å². The van der Waals surface area contributed by atoms with Crippen molar-refractivity contribution >= 4 is 22.5 Å². The highest BCUT2D eigenvalue weighted by molar-refractivity contribution is 6.31. The summed E-state index contributed by atoms with van der Waals surface area (Å²) >= 11 is 6.44. The van der Waals surface area contributed by atoms with E-state index in [1.807, 2.05) is 18.3 Å². The van der Waals surface area contributed by atoms with E-state index in [0.29, 0.717) is 0 Å². The van der Waals surface area contributed by atoms with Crippen LogP contribution in [0.3, 0.4) is 0 Å². The van der Waals surface area contributed by atoms with Crippen LogP contribution in [0, 0.1) is 0 Å². The molecule has 1 aromatic heterocycles. The van der Waals surface area contributed by atoms with Gasteiger partial charge in [0.15, 0.2) is 0 Å². The van der Waals surface area contributed by atoms with E-state index in [0.717, 1.165) is 15.9 Å². The summed E-state index contributed by atoms with van der Waals surface area (Å²) in [5.74, 6) is 0. The van der Waals surface area contributed by atoms with E-state index in [1.54, 1.807) is 0 Å². The lowest BCUT2D eigenvalue weighted by Gasteiger charge is -2.34. The standard InChI is InChI=1S/C28H18ClN/c29-22-13-14-26-24(18-22)23-10-4-5-11-25(23)28(26,20-8-2-1-3-9-20)21-12-15-27-19(17-21)7-6-16-30-27/h1-18H. The molecule has 0 aliphatic heterocycles. The van der Waals surface area contributed by atoms with Crippen LogP contribution in [0.2, 0.25) is 5.02 Å². The molecule has 0 amide bonds. The number of hydrogen-bond acceptors (Lipinski definition) is 1. The quantitative estimate of drug-likeness (QED) is 0.296. The summed E-state index contributed by atoms with van der Waals surface area (Å²) in [6.45, 7) is 0. The van der Waals surface area contributed by atoms with E-state index in [9.17, 15) is 0 Å².